The summed E-state index contributed by atoms with van der Waals surface area (Å²) >= 11 is 1.74. The van der Waals surface area contributed by atoms with E-state index >= 15 is 0 Å². The Balaban J connectivity index is 2.14. The monoisotopic (exact) mass is 367 g/mol. The quantitative estimate of drug-likeness (QED) is 0.642. The molecule has 0 aliphatic carbocycles. The van der Waals surface area contributed by atoms with Crippen LogP contribution in [-0.2, 0) is 0 Å². The fourth-order valence-electron chi connectivity index (χ4n) is 1.71. The van der Waals surface area contributed by atoms with E-state index in [1.54, 1.807) is 11.3 Å². The Hall–Kier alpha value is -0.980. The minimum absolute atomic E-state index is 0.0330. The number of hydrogen-bond acceptors (Lipinski definition) is 3. The van der Waals surface area contributed by atoms with Gasteiger partial charge < -0.3 is 0 Å². The first-order valence-corrected chi connectivity index (χ1v) is 8.93. The van der Waals surface area contributed by atoms with Gasteiger partial charge in [-0.1, -0.05) is 0 Å². The molecule has 0 atom stereocenters. The van der Waals surface area contributed by atoms with Crippen LogP contribution >= 0.6 is 11.3 Å². The normalized spacial score (nSPS) is 14.4. The first-order valence-electron chi connectivity index (χ1n) is 5.62. The molecular formula is C14H12IN2S-. The van der Waals surface area contributed by atoms with E-state index in [2.05, 4.69) is 26.4 Å². The van der Waals surface area contributed by atoms with Crippen LogP contribution in [0.5, 0.6) is 0 Å². The molecule has 2 heterocycles. The third-order valence-electron chi connectivity index (χ3n) is 2.62. The summed E-state index contributed by atoms with van der Waals surface area (Å²) in [5.74, 6) is 0. The first kappa shape index (κ1) is 12.1. The summed E-state index contributed by atoms with van der Waals surface area (Å²) in [5, 5.41) is 2.17. The van der Waals surface area contributed by atoms with Crippen LogP contribution in [0.2, 0.25) is 0 Å². The number of nitrogens with zero attached hydrogens (tertiary/aromatic N) is 1. The standard InChI is InChI=1S/C14H12IN2S/c16-9-10-6-12-13(8-15-7-10)18-14(17-12)11-4-2-1-3-5-11/h1-8H,9,16H2/q-1. The molecule has 4 heteroatoms. The van der Waals surface area contributed by atoms with Gasteiger partial charge in [0.15, 0.2) is 0 Å². The second-order valence-corrected chi connectivity index (χ2v) is 6.90. The number of benzene rings is 1. The molecule has 0 fully saturated rings. The average Bonchev–Trinajstić information content (AvgIpc) is 2.72. The number of aromatic nitrogens is 1. The molecule has 1 aromatic carbocycles. The van der Waals surface area contributed by atoms with Crippen LogP contribution < -0.4 is 36.8 Å². The van der Waals surface area contributed by atoms with Crippen molar-refractivity contribution in [1.82, 2.24) is 4.98 Å². The summed E-state index contributed by atoms with van der Waals surface area (Å²) in [4.78, 5) is 4.73. The molecule has 0 bridgehead atoms. The zero-order chi connectivity index (χ0) is 12.4. The SMILES string of the molecule is NCC1=C[I-]C=c2sc(-c3ccccc3)nc2=C1. The molecule has 2 N–H and O–H groups in total. The summed E-state index contributed by atoms with van der Waals surface area (Å²) < 4.78 is 5.90. The topological polar surface area (TPSA) is 38.9 Å². The Morgan fingerprint density at radius 3 is 2.78 bits per heavy atom. The van der Waals surface area contributed by atoms with Gasteiger partial charge in [-0.2, -0.15) is 0 Å². The Morgan fingerprint density at radius 1 is 1.17 bits per heavy atom. The van der Waals surface area contributed by atoms with Crippen molar-refractivity contribution < 1.29 is 21.2 Å². The van der Waals surface area contributed by atoms with Crippen molar-refractivity contribution in [3.8, 4) is 10.6 Å². The number of nitrogens with two attached hydrogens (primary N) is 1. The van der Waals surface area contributed by atoms with Crippen LogP contribution in [-0.4, -0.2) is 11.5 Å². The zero-order valence-corrected chi connectivity index (χ0v) is 12.6. The Kier molecular flexibility index (Phi) is 3.58. The molecule has 1 aliphatic heterocycles. The van der Waals surface area contributed by atoms with Crippen LogP contribution in [0.1, 0.15) is 0 Å². The van der Waals surface area contributed by atoms with Gasteiger partial charge in [0.2, 0.25) is 0 Å². The Bertz CT molecular complexity index is 701. The number of halogens is 1. The zero-order valence-electron chi connectivity index (χ0n) is 9.64. The Labute approximate surface area is 120 Å². The fraction of sp³-hybridized carbons (Fsp3) is 0.0714. The Morgan fingerprint density at radius 2 is 2.00 bits per heavy atom. The van der Waals surface area contributed by atoms with Gasteiger partial charge >= 0.3 is 120 Å². The second kappa shape index (κ2) is 5.34. The van der Waals surface area contributed by atoms with Gasteiger partial charge in [0, 0.05) is 0 Å². The molecule has 2 nitrogen and oxygen atoms in total. The minimum atomic E-state index is -0.0330. The van der Waals surface area contributed by atoms with E-state index in [1.807, 2.05) is 18.2 Å². The van der Waals surface area contributed by atoms with Crippen molar-refractivity contribution >= 4 is 21.5 Å². The number of thiazole rings is 1. The molecule has 0 amide bonds. The third-order valence-corrected chi connectivity index (χ3v) is 6.26. The van der Waals surface area contributed by atoms with Gasteiger partial charge in [0.05, 0.1) is 0 Å². The van der Waals surface area contributed by atoms with Crippen molar-refractivity contribution in [1.29, 1.82) is 0 Å². The van der Waals surface area contributed by atoms with Gasteiger partial charge in [-0.3, -0.25) is 0 Å². The van der Waals surface area contributed by atoms with Crippen molar-refractivity contribution in [2.45, 2.75) is 0 Å². The molecular weight excluding hydrogens is 355 g/mol. The van der Waals surface area contributed by atoms with Gasteiger partial charge in [-0.25, -0.2) is 0 Å². The number of rotatable bonds is 2. The van der Waals surface area contributed by atoms with E-state index in [1.165, 1.54) is 15.7 Å². The second-order valence-electron chi connectivity index (χ2n) is 3.90. The van der Waals surface area contributed by atoms with E-state index in [-0.39, 0.29) is 21.2 Å². The van der Waals surface area contributed by atoms with E-state index in [4.69, 9.17) is 10.7 Å². The molecule has 0 saturated carbocycles. The molecule has 0 spiro atoms. The number of fused-ring (bicyclic) bond motifs is 1. The number of hydrogen-bond donors (Lipinski definition) is 1. The summed E-state index contributed by atoms with van der Waals surface area (Å²) in [6.45, 7) is 0.602. The third kappa shape index (κ3) is 2.41. The molecule has 1 aromatic heterocycles. The molecule has 1 aliphatic rings. The first-order chi connectivity index (χ1) is 8.86. The van der Waals surface area contributed by atoms with Crippen molar-refractivity contribution in [2.75, 3.05) is 6.54 Å². The van der Waals surface area contributed by atoms with E-state index in [0.717, 1.165) is 10.4 Å². The van der Waals surface area contributed by atoms with E-state index in [0.29, 0.717) is 6.54 Å². The summed E-state index contributed by atoms with van der Waals surface area (Å²) in [6.07, 6.45) is 2.13. The van der Waals surface area contributed by atoms with Gasteiger partial charge in [0.25, 0.3) is 0 Å². The predicted molar refractivity (Wildman–Crippen MR) is 72.9 cm³/mol. The molecule has 18 heavy (non-hydrogen) atoms. The molecule has 3 rings (SSSR count). The maximum atomic E-state index is 5.73. The van der Waals surface area contributed by atoms with Crippen molar-refractivity contribution in [2.24, 2.45) is 5.73 Å². The summed E-state index contributed by atoms with van der Waals surface area (Å²) in [7, 11) is 0. The molecule has 0 saturated heterocycles. The fourth-order valence-corrected chi connectivity index (χ4v) is 5.02. The van der Waals surface area contributed by atoms with Gasteiger partial charge in [-0.05, 0) is 0 Å². The van der Waals surface area contributed by atoms with E-state index < -0.39 is 0 Å². The van der Waals surface area contributed by atoms with Crippen LogP contribution in [0.4, 0.5) is 0 Å². The van der Waals surface area contributed by atoms with Gasteiger partial charge in [-0.15, -0.1) is 0 Å². The predicted octanol–water partition coefficient (Wildman–Crippen LogP) is -1.73. The molecule has 92 valence electrons. The van der Waals surface area contributed by atoms with E-state index in [9.17, 15) is 0 Å². The van der Waals surface area contributed by atoms with Crippen LogP contribution in [0.15, 0.2) is 40.0 Å². The molecule has 0 radical (unpaired) electrons. The average molecular weight is 367 g/mol. The van der Waals surface area contributed by atoms with Crippen LogP contribution in [0, 0.1) is 0 Å². The van der Waals surface area contributed by atoms with Crippen LogP contribution in [0.25, 0.3) is 20.7 Å². The van der Waals surface area contributed by atoms with Crippen LogP contribution in [0.3, 0.4) is 0 Å². The maximum absolute atomic E-state index is 5.73. The summed E-state index contributed by atoms with van der Waals surface area (Å²) in [5.41, 5.74) is 8.13. The van der Waals surface area contributed by atoms with Crippen molar-refractivity contribution in [3.05, 3.63) is 49.9 Å². The molecule has 2 aromatic rings. The van der Waals surface area contributed by atoms with Gasteiger partial charge in [0.1, 0.15) is 0 Å². The summed E-state index contributed by atoms with van der Waals surface area (Å²) in [6, 6.07) is 10.3. The molecule has 0 unspecified atom stereocenters. The van der Waals surface area contributed by atoms with Crippen molar-refractivity contribution in [3.63, 3.8) is 0 Å².